The van der Waals surface area contributed by atoms with Gasteiger partial charge in [-0.05, 0) is 31.2 Å². The normalized spacial score (nSPS) is 13.7. The lowest BCUT2D eigenvalue weighted by atomic mass is 10.1. The fraction of sp³-hybridized carbons (Fsp3) is 0.227. The predicted octanol–water partition coefficient (Wildman–Crippen LogP) is 3.80. The Kier molecular flexibility index (Phi) is 5.93. The van der Waals surface area contributed by atoms with Crippen LogP contribution in [0.3, 0.4) is 0 Å². The summed E-state index contributed by atoms with van der Waals surface area (Å²) in [4.78, 5) is 35.0. The summed E-state index contributed by atoms with van der Waals surface area (Å²) in [7, 11) is 0. The third kappa shape index (κ3) is 4.34. The first-order valence-corrected chi connectivity index (χ1v) is 10.1. The molecule has 9 nitrogen and oxygen atoms in total. The van der Waals surface area contributed by atoms with Crippen molar-refractivity contribution in [2.24, 2.45) is 0 Å². The van der Waals surface area contributed by atoms with Gasteiger partial charge in [0.1, 0.15) is 12.1 Å². The van der Waals surface area contributed by atoms with Gasteiger partial charge in [0.05, 0.1) is 10.6 Å². The van der Waals surface area contributed by atoms with E-state index in [2.05, 4.69) is 15.3 Å². The SMILES string of the molecule is CC(=O)c1cccc(Nc2ncnc(N3CCN(c4ccccc4F)CC3)c2[N+](=O)[O-])c1. The van der Waals surface area contributed by atoms with Crippen LogP contribution < -0.4 is 15.1 Å². The standard InChI is InChI=1S/C22H21FN6O3/c1-15(30)16-5-4-6-17(13-16)26-21-20(29(31)32)22(25-14-24-21)28-11-9-27(10-12-28)19-8-3-2-7-18(19)23/h2-8,13-14H,9-12H2,1H3,(H,24,25,26). The number of anilines is 4. The molecule has 0 saturated carbocycles. The van der Waals surface area contributed by atoms with E-state index in [1.807, 2.05) is 4.90 Å². The lowest BCUT2D eigenvalue weighted by molar-refractivity contribution is -0.383. The van der Waals surface area contributed by atoms with Crippen molar-refractivity contribution in [3.05, 3.63) is 76.4 Å². The predicted molar refractivity (Wildman–Crippen MR) is 119 cm³/mol. The molecule has 10 heteroatoms. The zero-order valence-electron chi connectivity index (χ0n) is 17.4. The Morgan fingerprint density at radius 1 is 1.06 bits per heavy atom. The molecule has 0 amide bonds. The number of nitrogens with one attached hydrogen (secondary N) is 1. The van der Waals surface area contributed by atoms with Gasteiger partial charge in [-0.3, -0.25) is 14.9 Å². The number of rotatable bonds is 6. The van der Waals surface area contributed by atoms with Gasteiger partial charge in [-0.1, -0.05) is 24.3 Å². The van der Waals surface area contributed by atoms with Crippen molar-refractivity contribution < 1.29 is 14.1 Å². The van der Waals surface area contributed by atoms with Crippen molar-refractivity contribution in [3.8, 4) is 0 Å². The van der Waals surface area contributed by atoms with Crippen molar-refractivity contribution in [3.63, 3.8) is 0 Å². The van der Waals surface area contributed by atoms with Crippen LogP contribution in [-0.4, -0.2) is 46.9 Å². The number of nitro groups is 1. The summed E-state index contributed by atoms with van der Waals surface area (Å²) in [5.74, 6) is -0.173. The maximum atomic E-state index is 14.1. The van der Waals surface area contributed by atoms with Crippen molar-refractivity contribution in [1.82, 2.24) is 9.97 Å². The summed E-state index contributed by atoms with van der Waals surface area (Å²) in [5, 5.41) is 14.9. The molecule has 32 heavy (non-hydrogen) atoms. The lowest BCUT2D eigenvalue weighted by Crippen LogP contribution is -2.47. The van der Waals surface area contributed by atoms with Gasteiger partial charge in [0.25, 0.3) is 0 Å². The zero-order valence-corrected chi connectivity index (χ0v) is 17.4. The molecule has 164 valence electrons. The van der Waals surface area contributed by atoms with E-state index in [9.17, 15) is 19.3 Å². The smallest absolute Gasteiger partial charge is 0.353 e. The largest absolute Gasteiger partial charge is 0.366 e. The van der Waals surface area contributed by atoms with Crippen LogP contribution in [0.2, 0.25) is 0 Å². The summed E-state index contributed by atoms with van der Waals surface area (Å²) in [6.45, 7) is 3.30. The monoisotopic (exact) mass is 436 g/mol. The fourth-order valence-corrected chi connectivity index (χ4v) is 3.68. The van der Waals surface area contributed by atoms with E-state index < -0.39 is 4.92 Å². The summed E-state index contributed by atoms with van der Waals surface area (Å²) >= 11 is 0. The molecule has 0 unspecified atom stereocenters. The second-order valence-corrected chi connectivity index (χ2v) is 7.34. The molecule has 1 saturated heterocycles. The van der Waals surface area contributed by atoms with E-state index in [4.69, 9.17) is 0 Å². The highest BCUT2D eigenvalue weighted by atomic mass is 19.1. The maximum absolute atomic E-state index is 14.1. The Morgan fingerprint density at radius 2 is 1.78 bits per heavy atom. The van der Waals surface area contributed by atoms with E-state index in [1.165, 1.54) is 19.3 Å². The van der Waals surface area contributed by atoms with E-state index >= 15 is 0 Å². The molecule has 1 fully saturated rings. The highest BCUT2D eigenvalue weighted by molar-refractivity contribution is 5.95. The van der Waals surface area contributed by atoms with Crippen molar-refractivity contribution in [2.45, 2.75) is 6.92 Å². The van der Waals surface area contributed by atoms with Gasteiger partial charge >= 0.3 is 5.69 Å². The van der Waals surface area contributed by atoms with E-state index in [-0.39, 0.29) is 28.9 Å². The number of piperazine rings is 1. The quantitative estimate of drug-likeness (QED) is 0.354. The van der Waals surface area contributed by atoms with Gasteiger partial charge in [-0.25, -0.2) is 14.4 Å². The minimum atomic E-state index is -0.518. The molecule has 0 radical (unpaired) electrons. The van der Waals surface area contributed by atoms with E-state index in [0.29, 0.717) is 43.1 Å². The number of Topliss-reactive ketones (excluding diaryl/α,β-unsaturated/α-hetero) is 1. The van der Waals surface area contributed by atoms with Crippen LogP contribution in [0.25, 0.3) is 0 Å². The third-order valence-electron chi connectivity index (χ3n) is 5.29. The maximum Gasteiger partial charge on any atom is 0.353 e. The van der Waals surface area contributed by atoms with Crippen LogP contribution in [0.5, 0.6) is 0 Å². The van der Waals surface area contributed by atoms with E-state index in [1.54, 1.807) is 47.4 Å². The van der Waals surface area contributed by atoms with Gasteiger partial charge in [0.2, 0.25) is 11.6 Å². The number of ketones is 1. The van der Waals surface area contributed by atoms with Gasteiger partial charge in [-0.15, -0.1) is 0 Å². The Labute approximate surface area is 183 Å². The Bertz CT molecular complexity index is 1160. The highest BCUT2D eigenvalue weighted by Gasteiger charge is 2.30. The van der Waals surface area contributed by atoms with E-state index in [0.717, 1.165) is 0 Å². The molecule has 0 spiro atoms. The molecule has 0 bridgehead atoms. The molecule has 4 rings (SSSR count). The lowest BCUT2D eigenvalue weighted by Gasteiger charge is -2.36. The zero-order chi connectivity index (χ0) is 22.7. The molecular weight excluding hydrogens is 415 g/mol. The minimum absolute atomic E-state index is 0.0391. The van der Waals surface area contributed by atoms with Crippen LogP contribution in [0.1, 0.15) is 17.3 Å². The van der Waals surface area contributed by atoms with Crippen molar-refractivity contribution in [2.75, 3.05) is 41.3 Å². The number of hydrogen-bond donors (Lipinski definition) is 1. The third-order valence-corrected chi connectivity index (χ3v) is 5.29. The molecule has 3 aromatic rings. The van der Waals surface area contributed by atoms with Crippen molar-refractivity contribution in [1.29, 1.82) is 0 Å². The summed E-state index contributed by atoms with van der Waals surface area (Å²) < 4.78 is 14.1. The Balaban J connectivity index is 1.58. The Morgan fingerprint density at radius 3 is 2.47 bits per heavy atom. The fourth-order valence-electron chi connectivity index (χ4n) is 3.68. The number of carbonyl (C=O) groups is 1. The molecule has 2 aromatic carbocycles. The average Bonchev–Trinajstić information content (AvgIpc) is 2.79. The minimum Gasteiger partial charge on any atom is -0.366 e. The van der Waals surface area contributed by atoms with Gasteiger partial charge in [0.15, 0.2) is 5.78 Å². The summed E-state index contributed by atoms with van der Waals surface area (Å²) in [5.41, 5.74) is 1.25. The molecule has 0 atom stereocenters. The second kappa shape index (κ2) is 8.96. The topological polar surface area (TPSA) is 104 Å². The number of halogens is 1. The van der Waals surface area contributed by atoms with Crippen LogP contribution in [-0.2, 0) is 0 Å². The first-order chi connectivity index (χ1) is 15.4. The van der Waals surface area contributed by atoms with Gasteiger partial charge in [-0.2, -0.15) is 0 Å². The molecule has 2 heterocycles. The molecule has 1 aliphatic rings. The number of carbonyl (C=O) groups excluding carboxylic acids is 1. The molecular formula is C22H21FN6O3. The average molecular weight is 436 g/mol. The van der Waals surface area contributed by atoms with Crippen LogP contribution in [0, 0.1) is 15.9 Å². The highest BCUT2D eigenvalue weighted by Crippen LogP contribution is 2.34. The molecule has 1 aliphatic heterocycles. The van der Waals surface area contributed by atoms with Crippen LogP contribution in [0.4, 0.5) is 33.1 Å². The number of aromatic nitrogens is 2. The summed E-state index contributed by atoms with van der Waals surface area (Å²) in [6, 6.07) is 13.2. The first kappa shape index (κ1) is 21.2. The summed E-state index contributed by atoms with van der Waals surface area (Å²) in [6.07, 6.45) is 1.27. The number of benzene rings is 2. The van der Waals surface area contributed by atoms with Gasteiger partial charge < -0.3 is 15.1 Å². The second-order valence-electron chi connectivity index (χ2n) is 7.34. The first-order valence-electron chi connectivity index (χ1n) is 10.1. The number of hydrogen-bond acceptors (Lipinski definition) is 8. The number of para-hydroxylation sites is 1. The van der Waals surface area contributed by atoms with Crippen LogP contribution in [0.15, 0.2) is 54.9 Å². The van der Waals surface area contributed by atoms with Gasteiger partial charge in [0, 0.05) is 37.4 Å². The Hall–Kier alpha value is -4.08. The number of nitrogens with zero attached hydrogens (tertiary/aromatic N) is 5. The van der Waals surface area contributed by atoms with Crippen LogP contribution >= 0.6 is 0 Å². The van der Waals surface area contributed by atoms with Crippen molar-refractivity contribution >= 4 is 34.5 Å². The molecule has 1 aromatic heterocycles. The molecule has 0 aliphatic carbocycles. The molecule has 1 N–H and O–H groups in total.